The Bertz CT molecular complexity index is 1490. The van der Waals surface area contributed by atoms with Crippen LogP contribution < -0.4 is 19.1 Å². The summed E-state index contributed by atoms with van der Waals surface area (Å²) >= 11 is 0. The fourth-order valence-electron chi connectivity index (χ4n) is 5.82. The molecule has 0 aromatic heterocycles. The lowest BCUT2D eigenvalue weighted by Crippen LogP contribution is -2.52. The molecular formula is C35H45N3O6S. The molecule has 0 saturated heterocycles. The van der Waals surface area contributed by atoms with Gasteiger partial charge in [0.25, 0.3) is 0 Å². The normalized spacial score (nSPS) is 14.3. The number of anilines is 1. The summed E-state index contributed by atoms with van der Waals surface area (Å²) in [7, 11) is -0.469. The third kappa shape index (κ3) is 9.97. The average Bonchev–Trinajstić information content (AvgIpc) is 3.05. The maximum Gasteiger partial charge on any atom is 0.243 e. The predicted molar refractivity (Wildman–Crippen MR) is 177 cm³/mol. The summed E-state index contributed by atoms with van der Waals surface area (Å²) < 4.78 is 37.4. The van der Waals surface area contributed by atoms with Gasteiger partial charge in [0.1, 0.15) is 17.5 Å². The molecule has 242 valence electrons. The van der Waals surface area contributed by atoms with Crippen LogP contribution >= 0.6 is 0 Å². The van der Waals surface area contributed by atoms with Crippen LogP contribution in [0.1, 0.15) is 56.1 Å². The standard InChI is InChI=1S/C35H45N3O6S/c1-43-31-21-19-30(20-22-31)38(45(3,41)42)23-11-18-34(39)37(26-28-14-10-17-32(24-28)44-2)33(25-27-12-6-4-7-13-27)35(40)36-29-15-8-5-9-16-29/h4,6-7,10,12-14,17,19-22,24,29,33H,5,8-9,11,15-16,18,23,25-26H2,1-3H3,(H,36,40). The van der Waals surface area contributed by atoms with Crippen molar-refractivity contribution < 1.29 is 27.5 Å². The van der Waals surface area contributed by atoms with E-state index in [1.165, 1.54) is 10.7 Å². The van der Waals surface area contributed by atoms with Gasteiger partial charge in [0.2, 0.25) is 21.8 Å². The Kier molecular flexibility index (Phi) is 12.3. The van der Waals surface area contributed by atoms with E-state index >= 15 is 0 Å². The molecule has 1 unspecified atom stereocenters. The highest BCUT2D eigenvalue weighted by molar-refractivity contribution is 7.92. The Morgan fingerprint density at radius 3 is 2.18 bits per heavy atom. The minimum Gasteiger partial charge on any atom is -0.497 e. The Morgan fingerprint density at radius 1 is 0.867 bits per heavy atom. The minimum absolute atomic E-state index is 0.0636. The second-order valence-corrected chi connectivity index (χ2v) is 13.5. The Hall–Kier alpha value is -4.05. The monoisotopic (exact) mass is 635 g/mol. The number of carbonyl (C=O) groups excluding carboxylic acids is 2. The van der Waals surface area contributed by atoms with E-state index < -0.39 is 16.1 Å². The van der Waals surface area contributed by atoms with Crippen LogP contribution in [-0.4, -0.2) is 64.2 Å². The van der Waals surface area contributed by atoms with Crippen LogP contribution in [0.5, 0.6) is 11.5 Å². The number of ether oxygens (including phenoxy) is 2. The van der Waals surface area contributed by atoms with E-state index in [-0.39, 0.29) is 43.8 Å². The molecule has 0 bridgehead atoms. The third-order valence-corrected chi connectivity index (χ3v) is 9.42. The second kappa shape index (κ2) is 16.3. The van der Waals surface area contributed by atoms with Crippen LogP contribution in [0.25, 0.3) is 0 Å². The van der Waals surface area contributed by atoms with Crippen molar-refractivity contribution in [2.24, 2.45) is 0 Å². The van der Waals surface area contributed by atoms with Crippen LogP contribution in [-0.2, 0) is 32.6 Å². The van der Waals surface area contributed by atoms with Gasteiger partial charge < -0.3 is 19.7 Å². The fraction of sp³-hybridized carbons (Fsp3) is 0.429. The molecule has 0 spiro atoms. The van der Waals surface area contributed by atoms with Gasteiger partial charge in [-0.1, -0.05) is 61.7 Å². The Balaban J connectivity index is 1.59. The minimum atomic E-state index is -3.61. The van der Waals surface area contributed by atoms with Crippen molar-refractivity contribution in [3.8, 4) is 11.5 Å². The summed E-state index contributed by atoms with van der Waals surface area (Å²) in [6.07, 6.45) is 7.03. The topological polar surface area (TPSA) is 105 Å². The molecule has 1 aliphatic rings. The van der Waals surface area contributed by atoms with Gasteiger partial charge in [0.05, 0.1) is 26.2 Å². The van der Waals surface area contributed by atoms with Crippen molar-refractivity contribution in [1.82, 2.24) is 10.2 Å². The van der Waals surface area contributed by atoms with Gasteiger partial charge in [-0.2, -0.15) is 0 Å². The number of benzene rings is 3. The van der Waals surface area contributed by atoms with Crippen LogP contribution in [0.2, 0.25) is 0 Å². The number of rotatable bonds is 15. The molecule has 1 atom stereocenters. The molecule has 2 amide bonds. The number of carbonyl (C=O) groups is 2. The highest BCUT2D eigenvalue weighted by Crippen LogP contribution is 2.24. The first kappa shape index (κ1) is 33.8. The molecule has 1 N–H and O–H groups in total. The summed E-state index contributed by atoms with van der Waals surface area (Å²) in [4.78, 5) is 29.8. The van der Waals surface area contributed by atoms with Crippen LogP contribution in [0, 0.1) is 0 Å². The second-order valence-electron chi connectivity index (χ2n) is 11.6. The van der Waals surface area contributed by atoms with Crippen molar-refractivity contribution in [3.05, 3.63) is 90.0 Å². The van der Waals surface area contributed by atoms with Gasteiger partial charge >= 0.3 is 0 Å². The van der Waals surface area contributed by atoms with Gasteiger partial charge in [0, 0.05) is 32.0 Å². The first-order valence-electron chi connectivity index (χ1n) is 15.6. The SMILES string of the molecule is COc1ccc(N(CCCC(=O)N(Cc2cccc(OC)c2)C(Cc2ccccc2)C(=O)NC2CCCCC2)S(C)(=O)=O)cc1. The summed E-state index contributed by atoms with van der Waals surface area (Å²) in [6.45, 7) is 0.321. The average molecular weight is 636 g/mol. The first-order valence-corrected chi connectivity index (χ1v) is 17.4. The van der Waals surface area contributed by atoms with Crippen molar-refractivity contribution in [2.45, 2.75) is 70.0 Å². The lowest BCUT2D eigenvalue weighted by atomic mass is 9.94. The molecule has 3 aromatic carbocycles. The van der Waals surface area contributed by atoms with Gasteiger partial charge in [-0.25, -0.2) is 8.42 Å². The van der Waals surface area contributed by atoms with Crippen molar-refractivity contribution >= 4 is 27.5 Å². The highest BCUT2D eigenvalue weighted by Gasteiger charge is 2.32. The number of methoxy groups -OCH3 is 2. The van der Waals surface area contributed by atoms with Crippen molar-refractivity contribution in [3.63, 3.8) is 0 Å². The van der Waals surface area contributed by atoms with E-state index in [0.29, 0.717) is 23.6 Å². The highest BCUT2D eigenvalue weighted by atomic mass is 32.2. The van der Waals surface area contributed by atoms with E-state index in [4.69, 9.17) is 9.47 Å². The van der Waals surface area contributed by atoms with Crippen LogP contribution in [0.4, 0.5) is 5.69 Å². The summed E-state index contributed by atoms with van der Waals surface area (Å²) in [5.41, 5.74) is 2.28. The van der Waals surface area contributed by atoms with Gasteiger partial charge in [0.15, 0.2) is 0 Å². The molecule has 45 heavy (non-hydrogen) atoms. The van der Waals surface area contributed by atoms with E-state index in [1.807, 2.05) is 54.6 Å². The predicted octanol–water partition coefficient (Wildman–Crippen LogP) is 5.34. The summed E-state index contributed by atoms with van der Waals surface area (Å²) in [6, 6.07) is 23.3. The number of nitrogens with one attached hydrogen (secondary N) is 1. The van der Waals surface area contributed by atoms with Gasteiger partial charge in [-0.3, -0.25) is 13.9 Å². The number of sulfonamides is 1. The van der Waals surface area contributed by atoms with E-state index in [2.05, 4.69) is 5.32 Å². The van der Waals surface area contributed by atoms with Crippen molar-refractivity contribution in [1.29, 1.82) is 0 Å². The first-order chi connectivity index (χ1) is 21.7. The number of hydrogen-bond acceptors (Lipinski definition) is 6. The van der Waals surface area contributed by atoms with Crippen LogP contribution in [0.3, 0.4) is 0 Å². The number of hydrogen-bond donors (Lipinski definition) is 1. The van der Waals surface area contributed by atoms with Gasteiger partial charge in [-0.05, 0) is 66.8 Å². The zero-order valence-electron chi connectivity index (χ0n) is 26.5. The van der Waals surface area contributed by atoms with E-state index in [0.717, 1.165) is 43.1 Å². The number of amides is 2. The quantitative estimate of drug-likeness (QED) is 0.242. The summed E-state index contributed by atoms with van der Waals surface area (Å²) in [5.74, 6) is 0.889. The molecule has 0 aliphatic heterocycles. The molecule has 4 rings (SSSR count). The molecule has 1 aliphatic carbocycles. The largest absolute Gasteiger partial charge is 0.497 e. The molecule has 0 heterocycles. The molecule has 1 saturated carbocycles. The van der Waals surface area contributed by atoms with Crippen molar-refractivity contribution in [2.75, 3.05) is 31.3 Å². The van der Waals surface area contributed by atoms with E-state index in [9.17, 15) is 18.0 Å². The third-order valence-electron chi connectivity index (χ3n) is 8.22. The smallest absolute Gasteiger partial charge is 0.243 e. The Morgan fingerprint density at radius 2 is 1.53 bits per heavy atom. The fourth-order valence-corrected chi connectivity index (χ4v) is 6.78. The zero-order valence-corrected chi connectivity index (χ0v) is 27.3. The maximum atomic E-state index is 14.1. The Labute approximate surface area is 267 Å². The molecule has 0 radical (unpaired) electrons. The summed E-state index contributed by atoms with van der Waals surface area (Å²) in [5, 5.41) is 3.25. The van der Waals surface area contributed by atoms with Gasteiger partial charge in [-0.15, -0.1) is 0 Å². The lowest BCUT2D eigenvalue weighted by molar-refractivity contribution is -0.141. The molecule has 9 nitrogen and oxygen atoms in total. The molecule has 1 fully saturated rings. The lowest BCUT2D eigenvalue weighted by Gasteiger charge is -2.34. The van der Waals surface area contributed by atoms with Crippen LogP contribution in [0.15, 0.2) is 78.9 Å². The maximum absolute atomic E-state index is 14.1. The molecular weight excluding hydrogens is 590 g/mol. The van der Waals surface area contributed by atoms with E-state index in [1.54, 1.807) is 43.4 Å². The molecule has 3 aromatic rings. The number of nitrogens with zero attached hydrogens (tertiary/aromatic N) is 2. The molecule has 10 heteroatoms. The zero-order chi connectivity index (χ0) is 32.2.